The van der Waals surface area contributed by atoms with Crippen molar-refractivity contribution in [2.75, 3.05) is 23.7 Å². The van der Waals surface area contributed by atoms with Gasteiger partial charge in [0.15, 0.2) is 0 Å². The fraction of sp³-hybridized carbons (Fsp3) is 0.364. The first-order valence-corrected chi connectivity index (χ1v) is 10.6. The molecule has 9 heteroatoms. The second kappa shape index (κ2) is 9.66. The number of amides is 3. The summed E-state index contributed by atoms with van der Waals surface area (Å²) in [6.07, 6.45) is 0.283. The van der Waals surface area contributed by atoms with Crippen LogP contribution >= 0.6 is 23.2 Å². The highest BCUT2D eigenvalue weighted by Gasteiger charge is 2.30. The average Bonchev–Trinajstić information content (AvgIpc) is 3.14. The van der Waals surface area contributed by atoms with E-state index in [1.165, 1.54) is 0 Å². The van der Waals surface area contributed by atoms with Crippen molar-refractivity contribution in [2.24, 2.45) is 0 Å². The van der Waals surface area contributed by atoms with E-state index in [1.54, 1.807) is 47.4 Å². The Hall–Kier alpha value is -2.64. The number of hydrogen-bond donors (Lipinski definition) is 2. The van der Waals surface area contributed by atoms with Crippen LogP contribution in [0.4, 0.5) is 21.0 Å². The van der Waals surface area contributed by atoms with Gasteiger partial charge in [0.1, 0.15) is 17.5 Å². The van der Waals surface area contributed by atoms with E-state index in [2.05, 4.69) is 10.6 Å². The minimum atomic E-state index is -0.525. The minimum absolute atomic E-state index is 0.111. The summed E-state index contributed by atoms with van der Waals surface area (Å²) in [4.78, 5) is 26.0. The Bertz CT molecular complexity index is 945. The van der Waals surface area contributed by atoms with Crippen molar-refractivity contribution >= 4 is 46.7 Å². The van der Waals surface area contributed by atoms with Gasteiger partial charge in [-0.05, 0) is 63.2 Å². The molecule has 0 aromatic heterocycles. The number of carbonyl (C=O) groups excluding carboxylic acids is 2. The van der Waals surface area contributed by atoms with Gasteiger partial charge in [-0.1, -0.05) is 23.2 Å². The molecule has 0 radical (unpaired) electrons. The van der Waals surface area contributed by atoms with Gasteiger partial charge in [0, 0.05) is 23.7 Å². The number of likely N-dealkylation sites (tertiary alicyclic amines) is 1. The number of nitrogens with zero attached hydrogens (tertiary/aromatic N) is 1. The maximum absolute atomic E-state index is 12.2. The van der Waals surface area contributed by atoms with Crippen molar-refractivity contribution in [1.82, 2.24) is 4.90 Å². The Labute approximate surface area is 191 Å². The average molecular weight is 466 g/mol. The van der Waals surface area contributed by atoms with E-state index in [4.69, 9.17) is 32.7 Å². The second-order valence-corrected chi connectivity index (χ2v) is 9.03. The number of hydrogen-bond acceptors (Lipinski definition) is 4. The number of nitrogens with one attached hydrogen (secondary N) is 2. The lowest BCUT2D eigenvalue weighted by atomic mass is 10.2. The zero-order valence-electron chi connectivity index (χ0n) is 17.6. The minimum Gasteiger partial charge on any atom is -0.489 e. The maximum atomic E-state index is 12.2. The molecule has 3 rings (SSSR count). The van der Waals surface area contributed by atoms with E-state index in [-0.39, 0.29) is 12.2 Å². The molecule has 166 valence electrons. The molecule has 1 fully saturated rings. The molecular formula is C22H25Cl2N3O4. The van der Waals surface area contributed by atoms with Crippen LogP contribution in [-0.2, 0) is 4.74 Å². The molecule has 1 aliphatic rings. The Kier molecular flexibility index (Phi) is 7.18. The predicted octanol–water partition coefficient (Wildman–Crippen LogP) is 6.03. The van der Waals surface area contributed by atoms with Gasteiger partial charge in [-0.3, -0.25) is 0 Å². The second-order valence-electron chi connectivity index (χ2n) is 8.18. The largest absolute Gasteiger partial charge is 0.489 e. The molecule has 7 nitrogen and oxygen atoms in total. The number of ether oxygens (including phenoxy) is 2. The zero-order valence-corrected chi connectivity index (χ0v) is 19.1. The van der Waals surface area contributed by atoms with Gasteiger partial charge in [0.2, 0.25) is 0 Å². The summed E-state index contributed by atoms with van der Waals surface area (Å²) in [6, 6.07) is 11.4. The van der Waals surface area contributed by atoms with Crippen molar-refractivity contribution in [3.63, 3.8) is 0 Å². The molecule has 1 saturated heterocycles. The van der Waals surface area contributed by atoms with Gasteiger partial charge in [-0.2, -0.15) is 0 Å². The monoisotopic (exact) mass is 465 g/mol. The number of rotatable bonds is 4. The van der Waals surface area contributed by atoms with E-state index in [1.807, 2.05) is 20.8 Å². The molecule has 1 aliphatic heterocycles. The number of urea groups is 1. The third-order valence-electron chi connectivity index (χ3n) is 4.39. The van der Waals surface area contributed by atoms with Gasteiger partial charge in [0.25, 0.3) is 0 Å². The fourth-order valence-electron chi connectivity index (χ4n) is 3.00. The first-order valence-electron chi connectivity index (χ1n) is 9.87. The third-order valence-corrected chi connectivity index (χ3v) is 4.95. The van der Waals surface area contributed by atoms with Crippen LogP contribution in [-0.4, -0.2) is 41.8 Å². The summed E-state index contributed by atoms with van der Waals surface area (Å²) in [5.74, 6) is 0.653. The Morgan fingerprint density at radius 1 is 1.06 bits per heavy atom. The van der Waals surface area contributed by atoms with Gasteiger partial charge in [-0.15, -0.1) is 0 Å². The van der Waals surface area contributed by atoms with Crippen LogP contribution in [0.25, 0.3) is 0 Å². The lowest BCUT2D eigenvalue weighted by Crippen LogP contribution is -2.36. The summed E-state index contributed by atoms with van der Waals surface area (Å²) in [5.41, 5.74) is 0.482. The SMILES string of the molecule is CC(C)(C)OC(=O)N1CCC(Oc2ccc(NC(=O)Nc3cc(Cl)ccc3Cl)cc2)C1. The molecule has 1 atom stereocenters. The molecule has 0 aliphatic carbocycles. The number of anilines is 2. The highest BCUT2D eigenvalue weighted by atomic mass is 35.5. The molecule has 2 aromatic carbocycles. The van der Waals surface area contributed by atoms with Crippen LogP contribution in [0.5, 0.6) is 5.75 Å². The van der Waals surface area contributed by atoms with Crippen LogP contribution in [0.3, 0.4) is 0 Å². The molecule has 0 saturated carbocycles. The molecule has 1 unspecified atom stereocenters. The Morgan fingerprint density at radius 2 is 1.77 bits per heavy atom. The zero-order chi connectivity index (χ0) is 22.6. The number of halogens is 2. The third kappa shape index (κ3) is 6.94. The molecule has 1 heterocycles. The number of benzene rings is 2. The lowest BCUT2D eigenvalue weighted by molar-refractivity contribution is 0.0275. The van der Waals surface area contributed by atoms with E-state index < -0.39 is 11.6 Å². The summed E-state index contributed by atoms with van der Waals surface area (Å²) in [6.45, 7) is 6.58. The first kappa shape index (κ1) is 23.0. The number of carbonyl (C=O) groups is 2. The van der Waals surface area contributed by atoms with Gasteiger partial charge < -0.3 is 25.0 Å². The summed E-state index contributed by atoms with van der Waals surface area (Å²) in [5, 5.41) is 6.24. The van der Waals surface area contributed by atoms with E-state index in [0.29, 0.717) is 40.3 Å². The van der Waals surface area contributed by atoms with Crippen LogP contribution < -0.4 is 15.4 Å². The van der Waals surface area contributed by atoms with Crippen molar-refractivity contribution in [3.05, 3.63) is 52.5 Å². The summed E-state index contributed by atoms with van der Waals surface area (Å²) in [7, 11) is 0. The molecule has 0 bridgehead atoms. The smallest absolute Gasteiger partial charge is 0.410 e. The van der Waals surface area contributed by atoms with Crippen LogP contribution in [0.2, 0.25) is 10.0 Å². The van der Waals surface area contributed by atoms with Crippen molar-refractivity contribution in [2.45, 2.75) is 38.9 Å². The normalized spacial score (nSPS) is 16.0. The van der Waals surface area contributed by atoms with Crippen LogP contribution in [0, 0.1) is 0 Å². The topological polar surface area (TPSA) is 79.9 Å². The fourth-order valence-corrected chi connectivity index (χ4v) is 3.34. The molecule has 2 N–H and O–H groups in total. The van der Waals surface area contributed by atoms with Gasteiger partial charge >= 0.3 is 12.1 Å². The highest BCUT2D eigenvalue weighted by Crippen LogP contribution is 2.26. The van der Waals surface area contributed by atoms with Crippen LogP contribution in [0.1, 0.15) is 27.2 Å². The summed E-state index contributed by atoms with van der Waals surface area (Å²) >= 11 is 12.0. The van der Waals surface area contributed by atoms with Crippen molar-refractivity contribution < 1.29 is 19.1 Å². The van der Waals surface area contributed by atoms with E-state index in [0.717, 1.165) is 6.42 Å². The summed E-state index contributed by atoms with van der Waals surface area (Å²) < 4.78 is 11.4. The van der Waals surface area contributed by atoms with Crippen molar-refractivity contribution in [3.8, 4) is 5.75 Å². The molecular weight excluding hydrogens is 441 g/mol. The molecule has 0 spiro atoms. The highest BCUT2D eigenvalue weighted by molar-refractivity contribution is 6.35. The molecule has 2 aromatic rings. The Morgan fingerprint density at radius 3 is 2.45 bits per heavy atom. The van der Waals surface area contributed by atoms with Crippen molar-refractivity contribution in [1.29, 1.82) is 0 Å². The van der Waals surface area contributed by atoms with E-state index in [9.17, 15) is 9.59 Å². The standard InChI is InChI=1S/C22H25Cl2N3O4/c1-22(2,3)31-21(29)27-11-10-17(13-27)30-16-7-5-15(6-8-16)25-20(28)26-19-12-14(23)4-9-18(19)24/h4-9,12,17H,10-11,13H2,1-3H3,(H2,25,26,28). The molecule has 31 heavy (non-hydrogen) atoms. The van der Waals surface area contributed by atoms with Gasteiger partial charge in [-0.25, -0.2) is 9.59 Å². The van der Waals surface area contributed by atoms with Gasteiger partial charge in [0.05, 0.1) is 17.3 Å². The maximum Gasteiger partial charge on any atom is 0.410 e. The van der Waals surface area contributed by atoms with E-state index >= 15 is 0 Å². The van der Waals surface area contributed by atoms with Crippen LogP contribution in [0.15, 0.2) is 42.5 Å². The predicted molar refractivity (Wildman–Crippen MR) is 122 cm³/mol. The molecule has 3 amide bonds. The quantitative estimate of drug-likeness (QED) is 0.577. The Balaban J connectivity index is 1.50. The lowest BCUT2D eigenvalue weighted by Gasteiger charge is -2.24. The first-order chi connectivity index (χ1) is 14.6.